The summed E-state index contributed by atoms with van der Waals surface area (Å²) in [4.78, 5) is 0. The number of aromatic nitrogens is 1. The molecule has 0 saturated heterocycles. The Hall–Kier alpha value is -1.02. The zero-order valence-electron chi connectivity index (χ0n) is 21.3. The van der Waals surface area contributed by atoms with Gasteiger partial charge in [-0.15, -0.1) is 0 Å². The van der Waals surface area contributed by atoms with E-state index < -0.39 is 15.9 Å². The van der Waals surface area contributed by atoms with Gasteiger partial charge in [-0.1, -0.05) is 71.6 Å². The van der Waals surface area contributed by atoms with Gasteiger partial charge in [0.05, 0.1) is 16.7 Å². The van der Waals surface area contributed by atoms with E-state index in [4.69, 9.17) is 9.47 Å². The van der Waals surface area contributed by atoms with Crippen LogP contribution in [0.5, 0.6) is 0 Å². The van der Waals surface area contributed by atoms with Crippen LogP contribution in [-0.2, 0) is 27.2 Å². The van der Waals surface area contributed by atoms with Crippen LogP contribution in [0.3, 0.4) is 0 Å². The fraction of sp³-hybridized carbons (Fsp3) is 0.808. The summed E-state index contributed by atoms with van der Waals surface area (Å²) in [7, 11) is -4.19. The molecule has 0 aliphatic heterocycles. The summed E-state index contributed by atoms with van der Waals surface area (Å²) < 4.78 is 46.0. The summed E-state index contributed by atoms with van der Waals surface area (Å²) in [6.07, 6.45) is 18.8. The molecule has 192 valence electrons. The van der Waals surface area contributed by atoms with Crippen molar-refractivity contribution in [2.45, 2.75) is 117 Å². The molecule has 0 saturated carbocycles. The van der Waals surface area contributed by atoms with Crippen LogP contribution in [0.1, 0.15) is 110 Å². The molecule has 0 bridgehead atoms. The van der Waals surface area contributed by atoms with Crippen LogP contribution in [0.2, 0.25) is 0 Å². The van der Waals surface area contributed by atoms with Gasteiger partial charge in [-0.3, -0.25) is 0 Å². The molecule has 0 aliphatic carbocycles. The first-order chi connectivity index (χ1) is 15.8. The van der Waals surface area contributed by atoms with E-state index in [1.165, 1.54) is 64.2 Å². The van der Waals surface area contributed by atoms with Crippen molar-refractivity contribution < 1.29 is 27.0 Å². The fourth-order valence-electron chi connectivity index (χ4n) is 3.92. The van der Waals surface area contributed by atoms with Gasteiger partial charge in [0.2, 0.25) is 0 Å². The molecule has 0 fully saturated rings. The predicted octanol–water partition coefficient (Wildman–Crippen LogP) is 5.35. The molecule has 6 nitrogen and oxygen atoms in total. The zero-order valence-corrected chi connectivity index (χ0v) is 22.1. The third kappa shape index (κ3) is 14.8. The lowest BCUT2D eigenvalue weighted by atomic mass is 10.1. The number of nitrogens with zero attached hydrogens (tertiary/aromatic N) is 1. The van der Waals surface area contributed by atoms with Crippen LogP contribution in [0, 0.1) is 0 Å². The molecular formula is C26H48NO5S+. The lowest BCUT2D eigenvalue weighted by molar-refractivity contribution is -0.697. The van der Waals surface area contributed by atoms with Gasteiger partial charge in [0, 0.05) is 31.6 Å². The number of rotatable bonds is 21. The van der Waals surface area contributed by atoms with Gasteiger partial charge in [-0.25, -0.2) is 13.0 Å². The Balaban J connectivity index is 2.68. The number of hydrogen-bond donors (Lipinski definition) is 0. The molecule has 33 heavy (non-hydrogen) atoms. The maximum Gasteiger partial charge on any atom is 0.305 e. The summed E-state index contributed by atoms with van der Waals surface area (Å²) in [5.41, 5.74) is 0.965. The summed E-state index contributed by atoms with van der Waals surface area (Å²) >= 11 is 0. The Morgan fingerprint density at radius 3 is 2.18 bits per heavy atom. The third-order valence-corrected chi connectivity index (χ3v) is 6.80. The van der Waals surface area contributed by atoms with Gasteiger partial charge in [0.15, 0.2) is 12.4 Å². The molecule has 0 radical (unpaired) electrons. The number of unbranched alkanes of at least 4 members (excludes halogenated alkanes) is 10. The van der Waals surface area contributed by atoms with Crippen LogP contribution in [-0.4, -0.2) is 36.7 Å². The molecule has 1 aromatic rings. The van der Waals surface area contributed by atoms with E-state index in [1.54, 1.807) is 0 Å². The number of aliphatic hydroxyl groups is 2. The molecule has 0 aromatic carbocycles. The standard InChI is InChI=1S/C26H47NO5S/c1-4-6-8-10-12-14-21-31-26(3,32-22-15-13-11-9-7-5-2)25-18-16-19-27(24-25)20-17-23-33(28,29)30/h16,18-19,24H,4-15,17,20-23H2,1-3H3/p+1. The van der Waals surface area contributed by atoms with Gasteiger partial charge in [0.1, 0.15) is 18.7 Å². The van der Waals surface area contributed by atoms with Crippen LogP contribution in [0.4, 0.5) is 0 Å². The average molecular weight is 487 g/mol. The maximum atomic E-state index is 10.9. The highest BCUT2D eigenvalue weighted by atomic mass is 32.2. The van der Waals surface area contributed by atoms with Crippen LogP contribution in [0.25, 0.3) is 0 Å². The largest absolute Gasteiger partial charge is 0.748 e. The lowest BCUT2D eigenvalue weighted by Gasteiger charge is -2.25. The smallest absolute Gasteiger partial charge is 0.305 e. The molecule has 1 N–H and O–H groups in total. The summed E-state index contributed by atoms with van der Waals surface area (Å²) in [5.74, 6) is -1.07. The second-order valence-electron chi connectivity index (χ2n) is 9.19. The molecule has 1 heterocycles. The Bertz CT molecular complexity index is 705. The Labute approximate surface area is 202 Å². The highest BCUT2D eigenvalue weighted by molar-refractivity contribution is 7.85. The van der Waals surface area contributed by atoms with Crippen molar-refractivity contribution in [3.8, 4) is 0 Å². The molecule has 0 aliphatic rings. The van der Waals surface area contributed by atoms with Gasteiger partial charge in [0.25, 0.3) is 0 Å². The predicted molar refractivity (Wildman–Crippen MR) is 133 cm³/mol. The quantitative estimate of drug-likeness (QED) is 0.0771. The first-order valence-electron chi connectivity index (χ1n) is 13.1. The third-order valence-electron chi connectivity index (χ3n) is 6.01. The second kappa shape index (κ2) is 17.4. The van der Waals surface area contributed by atoms with Crippen molar-refractivity contribution in [1.29, 1.82) is 0 Å². The Morgan fingerprint density at radius 1 is 0.939 bits per heavy atom. The van der Waals surface area contributed by atoms with Gasteiger partial charge < -0.3 is 14.0 Å². The summed E-state index contributed by atoms with van der Waals surface area (Å²) in [6, 6.07) is 3.96. The van der Waals surface area contributed by atoms with E-state index in [0.717, 1.165) is 25.0 Å². The van der Waals surface area contributed by atoms with Crippen molar-refractivity contribution in [2.24, 2.45) is 0 Å². The highest BCUT2D eigenvalue weighted by Crippen LogP contribution is 2.25. The van der Waals surface area contributed by atoms with Crippen molar-refractivity contribution in [1.82, 2.24) is 0 Å². The molecule has 1 rings (SSSR count). The topological polar surface area (TPSA) is 83.1 Å². The Morgan fingerprint density at radius 2 is 1.55 bits per heavy atom. The zero-order chi connectivity index (χ0) is 24.4. The minimum Gasteiger partial charge on any atom is -0.748 e. The number of pyridine rings is 1. The van der Waals surface area contributed by atoms with E-state index in [1.807, 2.05) is 36.0 Å². The number of ether oxygens (including phenoxy) is 2. The van der Waals surface area contributed by atoms with E-state index in [2.05, 4.69) is 13.8 Å². The summed E-state index contributed by atoms with van der Waals surface area (Å²) in [6.45, 7) is 8.40. The Kier molecular flexibility index (Phi) is 15.8. The van der Waals surface area contributed by atoms with Crippen LogP contribution >= 0.6 is 0 Å². The molecule has 1 aromatic heterocycles. The first kappa shape index (κ1) is 30.0. The van der Waals surface area contributed by atoms with Crippen molar-refractivity contribution in [3.05, 3.63) is 30.1 Å². The van der Waals surface area contributed by atoms with Crippen molar-refractivity contribution in [3.63, 3.8) is 0 Å². The van der Waals surface area contributed by atoms with Crippen LogP contribution in [0.15, 0.2) is 24.5 Å². The first-order valence-corrected chi connectivity index (χ1v) is 14.6. The normalized spacial score (nSPS) is 13.8. The molecule has 1 atom stereocenters. The SMILES string of the molecule is CCCCCCCCOC(C)([OH+]CCCCCCCC)c1ccc[n+](CCCS(=O)(=O)[O-])c1. The summed E-state index contributed by atoms with van der Waals surface area (Å²) in [5, 5.41) is 0. The molecule has 1 unspecified atom stereocenters. The van der Waals surface area contributed by atoms with Crippen LogP contribution < -0.4 is 4.57 Å². The molecule has 0 amide bonds. The molecule has 0 spiro atoms. The van der Waals surface area contributed by atoms with Crippen molar-refractivity contribution >= 4 is 10.1 Å². The van der Waals surface area contributed by atoms with E-state index in [9.17, 15) is 13.0 Å². The molecular weight excluding hydrogens is 438 g/mol. The number of aryl methyl sites for hydroxylation is 1. The van der Waals surface area contributed by atoms with Gasteiger partial charge >= 0.3 is 5.79 Å². The number of hydrogen-bond acceptors (Lipinski definition) is 4. The highest BCUT2D eigenvalue weighted by Gasteiger charge is 2.36. The average Bonchev–Trinajstić information content (AvgIpc) is 2.77. The van der Waals surface area contributed by atoms with Crippen molar-refractivity contribution in [2.75, 3.05) is 19.0 Å². The monoisotopic (exact) mass is 486 g/mol. The molecule has 7 heteroatoms. The fourth-order valence-corrected chi connectivity index (χ4v) is 4.40. The maximum absolute atomic E-state index is 10.9. The van der Waals surface area contributed by atoms with E-state index in [0.29, 0.717) is 19.6 Å². The minimum atomic E-state index is -4.19. The van der Waals surface area contributed by atoms with E-state index in [-0.39, 0.29) is 5.75 Å². The second-order valence-corrected chi connectivity index (χ2v) is 10.7. The van der Waals surface area contributed by atoms with E-state index >= 15 is 0 Å². The minimum absolute atomic E-state index is 0.296. The van der Waals surface area contributed by atoms with Gasteiger partial charge in [-0.05, 0) is 18.9 Å². The lowest BCUT2D eigenvalue weighted by Crippen LogP contribution is -2.40. The van der Waals surface area contributed by atoms with Gasteiger partial charge in [-0.2, -0.15) is 0 Å².